The number of nitrogens with zero attached hydrogens (tertiary/aromatic N) is 2. The summed E-state index contributed by atoms with van der Waals surface area (Å²) in [4.78, 5) is 27.5. The molecule has 1 aromatic carbocycles. The number of carbonyl (C=O) groups is 2. The Bertz CT molecular complexity index is 472. The Morgan fingerprint density at radius 2 is 1.84 bits per heavy atom. The van der Waals surface area contributed by atoms with E-state index in [-0.39, 0.29) is 18.0 Å². The minimum absolute atomic E-state index is 0.0420. The molecule has 1 aliphatic heterocycles. The third-order valence-corrected chi connectivity index (χ3v) is 3.75. The van der Waals surface area contributed by atoms with Gasteiger partial charge in [-0.2, -0.15) is 0 Å². The molecule has 2 atom stereocenters. The Balaban J connectivity index is 2.24. The van der Waals surface area contributed by atoms with Crippen molar-refractivity contribution in [3.8, 4) is 0 Å². The zero-order valence-electron chi connectivity index (χ0n) is 11.7. The van der Waals surface area contributed by atoms with Gasteiger partial charge in [-0.1, -0.05) is 30.3 Å². The largest absolute Gasteiger partial charge is 0.333 e. The van der Waals surface area contributed by atoms with Gasteiger partial charge in [0.1, 0.15) is 0 Å². The van der Waals surface area contributed by atoms with Crippen LogP contribution in [0.3, 0.4) is 0 Å². The second-order valence-electron chi connectivity index (χ2n) is 4.99. The SMILES string of the molecule is CCN1C[C@@H](C)N([C@H](C)c2ccccc2)C(=O)C1=O. The predicted molar refractivity (Wildman–Crippen MR) is 73.4 cm³/mol. The van der Waals surface area contributed by atoms with E-state index in [4.69, 9.17) is 0 Å². The van der Waals surface area contributed by atoms with Crippen molar-refractivity contribution >= 4 is 11.8 Å². The van der Waals surface area contributed by atoms with E-state index in [1.165, 1.54) is 0 Å². The van der Waals surface area contributed by atoms with E-state index in [2.05, 4.69) is 0 Å². The van der Waals surface area contributed by atoms with E-state index < -0.39 is 5.91 Å². The van der Waals surface area contributed by atoms with E-state index in [1.54, 1.807) is 9.80 Å². The highest BCUT2D eigenvalue weighted by Gasteiger charge is 2.38. The van der Waals surface area contributed by atoms with Crippen molar-refractivity contribution in [1.29, 1.82) is 0 Å². The van der Waals surface area contributed by atoms with Crippen LogP contribution in [0.15, 0.2) is 30.3 Å². The zero-order chi connectivity index (χ0) is 14.0. The summed E-state index contributed by atoms with van der Waals surface area (Å²) in [6.45, 7) is 7.06. The molecule has 0 aliphatic carbocycles. The third kappa shape index (κ3) is 2.48. The fraction of sp³-hybridized carbons (Fsp3) is 0.467. The molecule has 1 saturated heterocycles. The number of carbonyl (C=O) groups excluding carboxylic acids is 2. The molecule has 102 valence electrons. The average molecular weight is 260 g/mol. The Labute approximate surface area is 114 Å². The molecule has 1 aromatic rings. The number of hydrogen-bond acceptors (Lipinski definition) is 2. The minimum atomic E-state index is -0.392. The van der Waals surface area contributed by atoms with Crippen molar-refractivity contribution in [1.82, 2.24) is 9.80 Å². The van der Waals surface area contributed by atoms with Crippen LogP contribution in [-0.4, -0.2) is 40.7 Å². The fourth-order valence-electron chi connectivity index (χ4n) is 2.66. The zero-order valence-corrected chi connectivity index (χ0v) is 11.7. The molecule has 0 saturated carbocycles. The minimum Gasteiger partial charge on any atom is -0.333 e. The molecule has 0 spiro atoms. The lowest BCUT2D eigenvalue weighted by Crippen LogP contribution is -2.58. The highest BCUT2D eigenvalue weighted by atomic mass is 16.2. The van der Waals surface area contributed by atoms with E-state index in [1.807, 2.05) is 51.1 Å². The van der Waals surface area contributed by atoms with Gasteiger partial charge in [-0.3, -0.25) is 9.59 Å². The first-order chi connectivity index (χ1) is 9.06. The van der Waals surface area contributed by atoms with Gasteiger partial charge in [-0.05, 0) is 26.3 Å². The Kier molecular flexibility index (Phi) is 3.88. The Morgan fingerprint density at radius 1 is 1.21 bits per heavy atom. The van der Waals surface area contributed by atoms with Gasteiger partial charge in [0.25, 0.3) is 0 Å². The van der Waals surface area contributed by atoms with Gasteiger partial charge >= 0.3 is 11.8 Å². The van der Waals surface area contributed by atoms with E-state index >= 15 is 0 Å². The molecular weight excluding hydrogens is 240 g/mol. The van der Waals surface area contributed by atoms with Gasteiger partial charge in [0.05, 0.1) is 6.04 Å². The highest BCUT2D eigenvalue weighted by Crippen LogP contribution is 2.25. The van der Waals surface area contributed by atoms with Crippen molar-refractivity contribution in [2.45, 2.75) is 32.9 Å². The molecule has 2 rings (SSSR count). The van der Waals surface area contributed by atoms with Crippen LogP contribution in [0.4, 0.5) is 0 Å². The van der Waals surface area contributed by atoms with Crippen molar-refractivity contribution in [2.75, 3.05) is 13.1 Å². The van der Waals surface area contributed by atoms with Gasteiger partial charge in [-0.25, -0.2) is 0 Å². The summed E-state index contributed by atoms with van der Waals surface area (Å²) in [6.07, 6.45) is 0. The Morgan fingerprint density at radius 3 is 2.42 bits per heavy atom. The van der Waals surface area contributed by atoms with Gasteiger partial charge in [0.15, 0.2) is 0 Å². The summed E-state index contributed by atoms with van der Waals surface area (Å²) < 4.78 is 0. The van der Waals surface area contributed by atoms with Gasteiger partial charge in [-0.15, -0.1) is 0 Å². The van der Waals surface area contributed by atoms with Crippen LogP contribution in [0.25, 0.3) is 0 Å². The maximum absolute atomic E-state index is 12.3. The number of rotatable bonds is 3. The van der Waals surface area contributed by atoms with Crippen LogP contribution in [0.2, 0.25) is 0 Å². The maximum atomic E-state index is 12.3. The molecule has 4 nitrogen and oxygen atoms in total. The average Bonchev–Trinajstić information content (AvgIpc) is 2.43. The summed E-state index contributed by atoms with van der Waals surface area (Å²) in [6, 6.07) is 9.78. The smallest absolute Gasteiger partial charge is 0.312 e. The molecule has 1 aliphatic rings. The van der Waals surface area contributed by atoms with Gasteiger partial charge in [0, 0.05) is 19.1 Å². The van der Waals surface area contributed by atoms with E-state index in [0.29, 0.717) is 13.1 Å². The van der Waals surface area contributed by atoms with Crippen molar-refractivity contribution < 1.29 is 9.59 Å². The van der Waals surface area contributed by atoms with Crippen molar-refractivity contribution in [3.63, 3.8) is 0 Å². The topological polar surface area (TPSA) is 40.6 Å². The van der Waals surface area contributed by atoms with Crippen LogP contribution >= 0.6 is 0 Å². The van der Waals surface area contributed by atoms with Gasteiger partial charge in [0.2, 0.25) is 0 Å². The molecule has 2 amide bonds. The molecule has 19 heavy (non-hydrogen) atoms. The second-order valence-corrected chi connectivity index (χ2v) is 4.99. The molecule has 0 aromatic heterocycles. The summed E-state index contributed by atoms with van der Waals surface area (Å²) in [5, 5.41) is 0. The number of hydrogen-bond donors (Lipinski definition) is 0. The summed E-state index contributed by atoms with van der Waals surface area (Å²) in [5.41, 5.74) is 1.06. The highest BCUT2D eigenvalue weighted by molar-refractivity contribution is 6.35. The molecule has 0 unspecified atom stereocenters. The summed E-state index contributed by atoms with van der Waals surface area (Å²) in [5.74, 6) is -0.777. The Hall–Kier alpha value is -1.84. The standard InChI is InChI=1S/C15H20N2O2/c1-4-16-10-11(2)17(15(19)14(16)18)12(3)13-8-6-5-7-9-13/h5-9,11-12H,4,10H2,1-3H3/t11-,12-/m1/s1. The monoisotopic (exact) mass is 260 g/mol. The molecule has 0 bridgehead atoms. The van der Waals surface area contributed by atoms with Crippen LogP contribution in [-0.2, 0) is 9.59 Å². The van der Waals surface area contributed by atoms with E-state index in [9.17, 15) is 9.59 Å². The van der Waals surface area contributed by atoms with Gasteiger partial charge < -0.3 is 9.80 Å². The second kappa shape index (κ2) is 5.43. The summed E-state index contributed by atoms with van der Waals surface area (Å²) in [7, 11) is 0. The lowest BCUT2D eigenvalue weighted by molar-refractivity contribution is -0.160. The van der Waals surface area contributed by atoms with Crippen LogP contribution in [0.5, 0.6) is 0 Å². The maximum Gasteiger partial charge on any atom is 0.312 e. The quantitative estimate of drug-likeness (QED) is 0.778. The van der Waals surface area contributed by atoms with E-state index in [0.717, 1.165) is 5.56 Å². The van der Waals surface area contributed by atoms with Crippen molar-refractivity contribution in [2.24, 2.45) is 0 Å². The van der Waals surface area contributed by atoms with Crippen LogP contribution in [0, 0.1) is 0 Å². The first-order valence-electron chi connectivity index (χ1n) is 6.72. The molecule has 1 fully saturated rings. The number of likely N-dealkylation sites (N-methyl/N-ethyl adjacent to an activating group) is 1. The predicted octanol–water partition coefficient (Wildman–Crippen LogP) is 1.83. The first kappa shape index (κ1) is 13.6. The third-order valence-electron chi connectivity index (χ3n) is 3.75. The molecule has 4 heteroatoms. The number of piperazine rings is 1. The molecule has 1 heterocycles. The normalized spacial score (nSPS) is 21.7. The molecular formula is C15H20N2O2. The number of amides is 2. The lowest BCUT2D eigenvalue weighted by atomic mass is 10.0. The van der Waals surface area contributed by atoms with Crippen LogP contribution in [0.1, 0.15) is 32.4 Å². The first-order valence-corrected chi connectivity index (χ1v) is 6.72. The molecule has 0 radical (unpaired) electrons. The van der Waals surface area contributed by atoms with Crippen molar-refractivity contribution in [3.05, 3.63) is 35.9 Å². The number of benzene rings is 1. The fourth-order valence-corrected chi connectivity index (χ4v) is 2.66. The molecule has 0 N–H and O–H groups in total. The van der Waals surface area contributed by atoms with Crippen LogP contribution < -0.4 is 0 Å². The summed E-state index contributed by atoms with van der Waals surface area (Å²) >= 11 is 0. The lowest BCUT2D eigenvalue weighted by Gasteiger charge is -2.41.